The van der Waals surface area contributed by atoms with Crippen molar-refractivity contribution in [2.75, 3.05) is 18.5 Å². The van der Waals surface area contributed by atoms with Gasteiger partial charge in [0.15, 0.2) is 0 Å². The van der Waals surface area contributed by atoms with Gasteiger partial charge in [-0.2, -0.15) is 0 Å². The number of halogens is 1. The molecule has 0 heterocycles. The molecule has 2 amide bonds. The Morgan fingerprint density at radius 2 is 1.95 bits per heavy atom. The van der Waals surface area contributed by atoms with E-state index in [-0.39, 0.29) is 18.5 Å². The Morgan fingerprint density at radius 1 is 1.18 bits per heavy atom. The zero-order chi connectivity index (χ0) is 15.9. The molecule has 2 aromatic carbocycles. The fourth-order valence-corrected chi connectivity index (χ4v) is 1.94. The van der Waals surface area contributed by atoms with E-state index in [0.29, 0.717) is 12.3 Å². The zero-order valence-corrected chi connectivity index (χ0v) is 12.7. The fraction of sp³-hybridized carbons (Fsp3) is 0.235. The number of hydrogen-bond acceptors (Lipinski definition) is 2. The van der Waals surface area contributed by atoms with E-state index in [4.69, 9.17) is 4.74 Å². The van der Waals surface area contributed by atoms with E-state index in [1.165, 1.54) is 12.1 Å². The summed E-state index contributed by atoms with van der Waals surface area (Å²) in [7, 11) is 0. The molecule has 0 saturated heterocycles. The van der Waals surface area contributed by atoms with Crippen molar-refractivity contribution >= 4 is 11.7 Å². The van der Waals surface area contributed by atoms with Gasteiger partial charge < -0.3 is 15.4 Å². The van der Waals surface area contributed by atoms with E-state index in [1.54, 1.807) is 12.1 Å². The molecule has 4 nitrogen and oxygen atoms in total. The maximum atomic E-state index is 13.0. The molecular weight excluding hydrogens is 283 g/mol. The van der Waals surface area contributed by atoms with Crippen molar-refractivity contribution in [3.63, 3.8) is 0 Å². The minimum absolute atomic E-state index is 0.268. The third kappa shape index (κ3) is 4.48. The molecule has 0 saturated carbocycles. The van der Waals surface area contributed by atoms with Gasteiger partial charge in [0.2, 0.25) is 0 Å². The van der Waals surface area contributed by atoms with Gasteiger partial charge in [-0.3, -0.25) is 0 Å². The molecule has 2 rings (SSSR count). The molecule has 0 aliphatic rings. The number of rotatable bonds is 5. The lowest BCUT2D eigenvalue weighted by molar-refractivity contribution is 0.247. The molecule has 116 valence electrons. The SMILES string of the molecule is Cc1cccc(NC(=O)NCCOc2cccc(F)c2)c1C. The largest absolute Gasteiger partial charge is 0.492 e. The highest BCUT2D eigenvalue weighted by Crippen LogP contribution is 2.17. The average Bonchev–Trinajstić information content (AvgIpc) is 2.49. The summed E-state index contributed by atoms with van der Waals surface area (Å²) in [6.45, 7) is 4.54. The van der Waals surface area contributed by atoms with Crippen LogP contribution in [0.15, 0.2) is 42.5 Å². The number of ether oxygens (including phenoxy) is 1. The highest BCUT2D eigenvalue weighted by molar-refractivity contribution is 5.90. The first-order valence-electron chi connectivity index (χ1n) is 7.05. The van der Waals surface area contributed by atoms with Crippen molar-refractivity contribution in [2.45, 2.75) is 13.8 Å². The van der Waals surface area contributed by atoms with Crippen molar-refractivity contribution in [1.82, 2.24) is 5.32 Å². The number of benzene rings is 2. The molecule has 5 heteroatoms. The second kappa shape index (κ2) is 7.45. The summed E-state index contributed by atoms with van der Waals surface area (Å²) in [5.41, 5.74) is 2.93. The summed E-state index contributed by atoms with van der Waals surface area (Å²) in [6, 6.07) is 11.3. The lowest BCUT2D eigenvalue weighted by atomic mass is 10.1. The van der Waals surface area contributed by atoms with E-state index in [9.17, 15) is 9.18 Å². The molecule has 0 unspecified atom stereocenters. The molecule has 22 heavy (non-hydrogen) atoms. The van der Waals surface area contributed by atoms with Gasteiger partial charge in [0.1, 0.15) is 18.2 Å². The number of nitrogens with one attached hydrogen (secondary N) is 2. The summed E-state index contributed by atoms with van der Waals surface area (Å²) < 4.78 is 18.3. The maximum Gasteiger partial charge on any atom is 0.319 e. The number of anilines is 1. The second-order valence-electron chi connectivity index (χ2n) is 4.93. The van der Waals surface area contributed by atoms with Gasteiger partial charge in [-0.25, -0.2) is 9.18 Å². The summed E-state index contributed by atoms with van der Waals surface area (Å²) in [5.74, 6) is 0.0925. The van der Waals surface area contributed by atoms with E-state index in [2.05, 4.69) is 10.6 Å². The lowest BCUT2D eigenvalue weighted by Crippen LogP contribution is -2.32. The second-order valence-corrected chi connectivity index (χ2v) is 4.93. The van der Waals surface area contributed by atoms with Crippen LogP contribution in [0.25, 0.3) is 0 Å². The Bertz CT molecular complexity index is 659. The first kappa shape index (κ1) is 15.8. The molecule has 0 aliphatic heterocycles. The van der Waals surface area contributed by atoms with Crippen molar-refractivity contribution in [3.05, 3.63) is 59.4 Å². The van der Waals surface area contributed by atoms with Crippen molar-refractivity contribution in [2.24, 2.45) is 0 Å². The van der Waals surface area contributed by atoms with Crippen molar-refractivity contribution in [3.8, 4) is 5.75 Å². The van der Waals surface area contributed by atoms with Crippen LogP contribution in [-0.4, -0.2) is 19.2 Å². The number of aryl methyl sites for hydroxylation is 1. The van der Waals surface area contributed by atoms with Gasteiger partial charge in [-0.1, -0.05) is 18.2 Å². The van der Waals surface area contributed by atoms with Gasteiger partial charge in [0.05, 0.1) is 6.54 Å². The van der Waals surface area contributed by atoms with Crippen LogP contribution in [0.3, 0.4) is 0 Å². The summed E-state index contributed by atoms with van der Waals surface area (Å²) in [6.07, 6.45) is 0. The van der Waals surface area contributed by atoms with Crippen LogP contribution in [-0.2, 0) is 0 Å². The van der Waals surface area contributed by atoms with Crippen LogP contribution in [0.4, 0.5) is 14.9 Å². The monoisotopic (exact) mass is 302 g/mol. The molecule has 2 aromatic rings. The molecular formula is C17H19FN2O2. The number of carbonyl (C=O) groups excluding carboxylic acids is 1. The standard InChI is InChI=1S/C17H19FN2O2/c1-12-5-3-8-16(13(12)2)20-17(21)19-9-10-22-15-7-4-6-14(18)11-15/h3-8,11H,9-10H2,1-2H3,(H2,19,20,21). The van der Waals surface area contributed by atoms with Crippen LogP contribution in [0.1, 0.15) is 11.1 Å². The highest BCUT2D eigenvalue weighted by atomic mass is 19.1. The van der Waals surface area contributed by atoms with E-state index >= 15 is 0 Å². The van der Waals surface area contributed by atoms with Crippen LogP contribution < -0.4 is 15.4 Å². The molecule has 0 spiro atoms. The first-order chi connectivity index (χ1) is 10.6. The minimum Gasteiger partial charge on any atom is -0.492 e. The third-order valence-electron chi connectivity index (χ3n) is 3.31. The zero-order valence-electron chi connectivity index (χ0n) is 12.7. The van der Waals surface area contributed by atoms with Crippen LogP contribution >= 0.6 is 0 Å². The molecule has 0 radical (unpaired) electrons. The van der Waals surface area contributed by atoms with Crippen molar-refractivity contribution < 1.29 is 13.9 Å². The molecule has 0 aromatic heterocycles. The third-order valence-corrected chi connectivity index (χ3v) is 3.31. The Kier molecular flexibility index (Phi) is 5.36. The molecule has 2 N–H and O–H groups in total. The van der Waals surface area contributed by atoms with Crippen LogP contribution in [0.2, 0.25) is 0 Å². The van der Waals surface area contributed by atoms with Gasteiger partial charge in [-0.15, -0.1) is 0 Å². The van der Waals surface area contributed by atoms with Gasteiger partial charge in [0, 0.05) is 11.8 Å². The first-order valence-corrected chi connectivity index (χ1v) is 7.05. The van der Waals surface area contributed by atoms with E-state index in [1.807, 2.05) is 32.0 Å². The quantitative estimate of drug-likeness (QED) is 0.828. The number of hydrogen-bond donors (Lipinski definition) is 2. The van der Waals surface area contributed by atoms with Gasteiger partial charge >= 0.3 is 6.03 Å². The minimum atomic E-state index is -0.349. The van der Waals surface area contributed by atoms with E-state index in [0.717, 1.165) is 16.8 Å². The Morgan fingerprint density at radius 3 is 2.73 bits per heavy atom. The number of amides is 2. The summed E-state index contributed by atoms with van der Waals surface area (Å²) in [4.78, 5) is 11.8. The summed E-state index contributed by atoms with van der Waals surface area (Å²) >= 11 is 0. The Hall–Kier alpha value is -2.56. The van der Waals surface area contributed by atoms with Crippen LogP contribution in [0, 0.1) is 19.7 Å². The smallest absolute Gasteiger partial charge is 0.319 e. The average molecular weight is 302 g/mol. The molecule has 0 fully saturated rings. The van der Waals surface area contributed by atoms with Crippen molar-refractivity contribution in [1.29, 1.82) is 0 Å². The van der Waals surface area contributed by atoms with Gasteiger partial charge in [0.25, 0.3) is 0 Å². The fourth-order valence-electron chi connectivity index (χ4n) is 1.94. The molecule has 0 atom stereocenters. The predicted molar refractivity (Wildman–Crippen MR) is 84.8 cm³/mol. The summed E-state index contributed by atoms with van der Waals surface area (Å²) in [5, 5.41) is 5.49. The normalized spacial score (nSPS) is 10.1. The Balaban J connectivity index is 1.75. The number of urea groups is 1. The highest BCUT2D eigenvalue weighted by Gasteiger charge is 2.05. The van der Waals surface area contributed by atoms with Crippen LogP contribution in [0.5, 0.6) is 5.75 Å². The lowest BCUT2D eigenvalue weighted by Gasteiger charge is -2.12. The topological polar surface area (TPSA) is 50.4 Å². The molecule has 0 aliphatic carbocycles. The van der Waals surface area contributed by atoms with E-state index < -0.39 is 0 Å². The number of carbonyl (C=O) groups is 1. The molecule has 0 bridgehead atoms. The Labute approximate surface area is 129 Å². The predicted octanol–water partition coefficient (Wildman–Crippen LogP) is 3.64. The maximum absolute atomic E-state index is 13.0. The van der Waals surface area contributed by atoms with Gasteiger partial charge in [-0.05, 0) is 43.2 Å².